The summed E-state index contributed by atoms with van der Waals surface area (Å²) in [6, 6.07) is 6.78. The first kappa shape index (κ1) is 20.3. The first-order valence-corrected chi connectivity index (χ1v) is 10.4. The number of nitrogens with one attached hydrogen (secondary N) is 1. The van der Waals surface area contributed by atoms with Crippen molar-refractivity contribution in [2.45, 2.75) is 31.2 Å². The molecule has 2 aliphatic rings. The lowest BCUT2D eigenvalue weighted by atomic mass is 9.92. The van der Waals surface area contributed by atoms with E-state index in [9.17, 15) is 9.59 Å². The Labute approximate surface area is 178 Å². The maximum Gasteiger partial charge on any atom is 0.410 e. The number of fused-ring (bicyclic) bond motifs is 3. The number of benzene rings is 1. The van der Waals surface area contributed by atoms with Crippen molar-refractivity contribution in [1.82, 2.24) is 9.88 Å². The number of amides is 1. The molecule has 2 N–H and O–H groups in total. The number of aromatic nitrogens is 1. The molecule has 4 rings (SSSR count). The molecule has 1 aromatic heterocycles. The Morgan fingerprint density at radius 1 is 1.30 bits per heavy atom. The van der Waals surface area contributed by atoms with Crippen molar-refractivity contribution in [2.75, 3.05) is 19.8 Å². The molecule has 1 aromatic carbocycles. The molecule has 0 saturated heterocycles. The molecular formula is C22H23ClN2O5. The van der Waals surface area contributed by atoms with E-state index in [1.807, 2.05) is 12.1 Å². The van der Waals surface area contributed by atoms with E-state index in [1.165, 1.54) is 5.56 Å². The van der Waals surface area contributed by atoms with E-state index in [1.54, 1.807) is 24.0 Å². The van der Waals surface area contributed by atoms with Crippen molar-refractivity contribution in [3.05, 3.63) is 51.7 Å². The van der Waals surface area contributed by atoms with Gasteiger partial charge in [-0.1, -0.05) is 24.3 Å². The molecule has 1 aliphatic heterocycles. The van der Waals surface area contributed by atoms with Crippen molar-refractivity contribution < 1.29 is 24.2 Å². The number of carboxylic acids is 1. The highest BCUT2D eigenvalue weighted by molar-refractivity contribution is 6.24. The molecule has 2 unspecified atom stereocenters. The van der Waals surface area contributed by atoms with Crippen LogP contribution in [0.5, 0.6) is 5.75 Å². The average molecular weight is 431 g/mol. The fourth-order valence-electron chi connectivity index (χ4n) is 4.09. The van der Waals surface area contributed by atoms with E-state index < -0.39 is 12.6 Å². The van der Waals surface area contributed by atoms with E-state index in [2.05, 4.69) is 17.1 Å². The van der Waals surface area contributed by atoms with Gasteiger partial charge in [0.25, 0.3) is 0 Å². The number of carbonyl (C=O) groups excluding carboxylic acids is 1. The third-order valence-electron chi connectivity index (χ3n) is 5.35. The number of hydrogen-bond donors (Lipinski definition) is 2. The maximum absolute atomic E-state index is 12.7. The molecule has 0 spiro atoms. The van der Waals surface area contributed by atoms with E-state index >= 15 is 0 Å². The van der Waals surface area contributed by atoms with Crippen LogP contribution in [0.2, 0.25) is 0 Å². The van der Waals surface area contributed by atoms with Crippen LogP contribution in [0.25, 0.3) is 12.2 Å². The monoisotopic (exact) mass is 430 g/mol. The summed E-state index contributed by atoms with van der Waals surface area (Å²) in [7, 11) is 0. The molecule has 0 saturated carbocycles. The topological polar surface area (TPSA) is 91.9 Å². The summed E-state index contributed by atoms with van der Waals surface area (Å²) in [6.07, 6.45) is 5.28. The lowest BCUT2D eigenvalue weighted by Crippen LogP contribution is -2.42. The molecule has 2 atom stereocenters. The minimum Gasteiger partial charge on any atom is -0.482 e. The number of alkyl halides is 1. The van der Waals surface area contributed by atoms with Gasteiger partial charge in [0.2, 0.25) is 0 Å². The SMILES string of the molecule is CCOC(=O)N1CCc2c([nH]c3c2=CC(Cl)CC=3)C1c1ccc(OCC(=O)O)cc1. The van der Waals surface area contributed by atoms with Gasteiger partial charge in [0, 0.05) is 22.8 Å². The molecule has 0 radical (unpaired) electrons. The third kappa shape index (κ3) is 3.89. The first-order chi connectivity index (χ1) is 14.5. The number of rotatable bonds is 5. The van der Waals surface area contributed by atoms with Gasteiger partial charge in [0.05, 0.1) is 12.0 Å². The molecule has 8 heteroatoms. The Morgan fingerprint density at radius 3 is 2.77 bits per heavy atom. The van der Waals surface area contributed by atoms with E-state index in [0.29, 0.717) is 25.3 Å². The zero-order valence-electron chi connectivity index (χ0n) is 16.6. The first-order valence-electron chi connectivity index (χ1n) is 9.92. The Hall–Kier alpha value is -2.93. The highest BCUT2D eigenvalue weighted by atomic mass is 35.5. The largest absolute Gasteiger partial charge is 0.482 e. The predicted octanol–water partition coefficient (Wildman–Crippen LogP) is 2.15. The maximum atomic E-state index is 12.7. The van der Waals surface area contributed by atoms with Crippen LogP contribution < -0.4 is 15.3 Å². The molecule has 158 valence electrons. The lowest BCUT2D eigenvalue weighted by Gasteiger charge is -2.35. The number of carbonyl (C=O) groups is 2. The van der Waals surface area contributed by atoms with Gasteiger partial charge >= 0.3 is 12.1 Å². The van der Waals surface area contributed by atoms with Gasteiger partial charge < -0.3 is 19.6 Å². The van der Waals surface area contributed by atoms with Gasteiger partial charge in [0.15, 0.2) is 6.61 Å². The van der Waals surface area contributed by atoms with Crippen molar-refractivity contribution >= 4 is 35.8 Å². The second-order valence-corrected chi connectivity index (χ2v) is 7.82. The number of carboxylic acid groups (broad SMARTS) is 1. The lowest BCUT2D eigenvalue weighted by molar-refractivity contribution is -0.139. The van der Waals surface area contributed by atoms with Crippen LogP contribution in [-0.4, -0.2) is 52.2 Å². The Balaban J connectivity index is 1.75. The van der Waals surface area contributed by atoms with Gasteiger partial charge in [-0.25, -0.2) is 9.59 Å². The van der Waals surface area contributed by atoms with Gasteiger partial charge in [-0.2, -0.15) is 0 Å². The van der Waals surface area contributed by atoms with Crippen LogP contribution in [0, 0.1) is 0 Å². The normalized spacial score (nSPS) is 19.7. The number of hydrogen-bond acceptors (Lipinski definition) is 4. The van der Waals surface area contributed by atoms with Crippen LogP contribution in [0.3, 0.4) is 0 Å². The van der Waals surface area contributed by atoms with Crippen molar-refractivity contribution in [1.29, 1.82) is 0 Å². The minimum absolute atomic E-state index is 0.0374. The molecule has 0 bridgehead atoms. The molecular weight excluding hydrogens is 408 g/mol. The third-order valence-corrected chi connectivity index (χ3v) is 5.66. The van der Waals surface area contributed by atoms with Crippen LogP contribution >= 0.6 is 11.6 Å². The zero-order chi connectivity index (χ0) is 21.3. The fraction of sp³-hybridized carbons (Fsp3) is 0.364. The number of H-pyrrole nitrogens is 1. The summed E-state index contributed by atoms with van der Waals surface area (Å²) in [4.78, 5) is 28.6. The summed E-state index contributed by atoms with van der Waals surface area (Å²) < 4.78 is 10.5. The molecule has 7 nitrogen and oxygen atoms in total. The molecule has 2 heterocycles. The van der Waals surface area contributed by atoms with E-state index in [0.717, 1.165) is 28.2 Å². The van der Waals surface area contributed by atoms with E-state index in [-0.39, 0.29) is 17.5 Å². The molecule has 1 amide bonds. The Morgan fingerprint density at radius 2 is 2.07 bits per heavy atom. The van der Waals surface area contributed by atoms with Crippen LogP contribution in [0.15, 0.2) is 24.3 Å². The summed E-state index contributed by atoms with van der Waals surface area (Å²) in [5.74, 6) is -0.580. The highest BCUT2D eigenvalue weighted by Gasteiger charge is 2.35. The molecule has 0 fully saturated rings. The Bertz CT molecular complexity index is 1080. The summed E-state index contributed by atoms with van der Waals surface area (Å²) >= 11 is 6.35. The quantitative estimate of drug-likeness (QED) is 0.709. The number of ether oxygens (including phenoxy) is 2. The highest BCUT2D eigenvalue weighted by Crippen LogP contribution is 2.34. The van der Waals surface area contributed by atoms with Crippen LogP contribution in [0.4, 0.5) is 4.79 Å². The standard InChI is InChI=1S/C22H23ClN2O5/c1-2-29-22(28)25-10-9-16-17-11-14(23)5-8-18(17)24-20(16)21(25)13-3-6-15(7-4-13)30-12-19(26)27/h3-4,6-8,11,14,21,24H,2,5,9-10,12H2,1H3,(H,26,27). The molecule has 1 aliphatic carbocycles. The number of nitrogens with zero attached hydrogens (tertiary/aromatic N) is 1. The average Bonchev–Trinajstić information content (AvgIpc) is 3.10. The van der Waals surface area contributed by atoms with E-state index in [4.69, 9.17) is 26.2 Å². The number of aromatic amines is 1. The van der Waals surface area contributed by atoms with Gasteiger partial charge in [-0.3, -0.25) is 4.90 Å². The smallest absolute Gasteiger partial charge is 0.410 e. The molecule has 30 heavy (non-hydrogen) atoms. The van der Waals surface area contributed by atoms with Crippen molar-refractivity contribution in [3.8, 4) is 5.75 Å². The van der Waals surface area contributed by atoms with Crippen molar-refractivity contribution in [3.63, 3.8) is 0 Å². The summed E-state index contributed by atoms with van der Waals surface area (Å²) in [6.45, 7) is 2.21. The fourth-order valence-corrected chi connectivity index (χ4v) is 4.30. The van der Waals surface area contributed by atoms with Gasteiger partial charge in [-0.15, -0.1) is 11.6 Å². The zero-order valence-corrected chi connectivity index (χ0v) is 17.3. The molecule has 2 aromatic rings. The van der Waals surface area contributed by atoms with Crippen LogP contribution in [-0.2, 0) is 16.0 Å². The summed E-state index contributed by atoms with van der Waals surface area (Å²) in [5, 5.41) is 10.9. The van der Waals surface area contributed by atoms with Crippen molar-refractivity contribution in [2.24, 2.45) is 0 Å². The van der Waals surface area contributed by atoms with Crippen LogP contribution in [0.1, 0.15) is 36.2 Å². The number of halogens is 1. The second-order valence-electron chi connectivity index (χ2n) is 7.26. The predicted molar refractivity (Wildman–Crippen MR) is 112 cm³/mol. The number of aliphatic carboxylic acids is 1. The van der Waals surface area contributed by atoms with Gasteiger partial charge in [0.1, 0.15) is 11.8 Å². The minimum atomic E-state index is -1.04. The Kier molecular flexibility index (Phi) is 5.72. The van der Waals surface area contributed by atoms with Gasteiger partial charge in [-0.05, 0) is 43.0 Å². The second kappa shape index (κ2) is 8.44. The summed E-state index contributed by atoms with van der Waals surface area (Å²) in [5.41, 5.74) is 3.01.